The molecule has 0 saturated carbocycles. The fourth-order valence-corrected chi connectivity index (χ4v) is 2.61. The second-order valence-corrected chi connectivity index (χ2v) is 6.80. The average molecular weight is 315 g/mol. The van der Waals surface area contributed by atoms with Crippen molar-refractivity contribution in [1.29, 1.82) is 0 Å². The fourth-order valence-electron chi connectivity index (χ4n) is 2.61. The minimum Gasteiger partial charge on any atom is -0.507 e. The molecule has 0 saturated heterocycles. The number of benzene rings is 1. The number of esters is 1. The Bertz CT molecular complexity index is 609. The van der Waals surface area contributed by atoms with E-state index < -0.39 is 5.97 Å². The van der Waals surface area contributed by atoms with Gasteiger partial charge in [-0.3, -0.25) is 0 Å². The van der Waals surface area contributed by atoms with Crippen LogP contribution >= 0.6 is 0 Å². The molecule has 0 bridgehead atoms. The first-order chi connectivity index (χ1) is 10.8. The first kappa shape index (κ1) is 17.1. The predicted molar refractivity (Wildman–Crippen MR) is 91.2 cm³/mol. The molecule has 4 heteroatoms. The highest BCUT2D eigenvalue weighted by Gasteiger charge is 2.20. The molecule has 0 radical (unpaired) electrons. The number of ether oxygens (including phenoxy) is 1. The summed E-state index contributed by atoms with van der Waals surface area (Å²) in [5.41, 5.74) is 1.75. The molecule has 0 unspecified atom stereocenters. The fraction of sp³-hybridized carbons (Fsp3) is 0.421. The molecule has 23 heavy (non-hydrogen) atoms. The molecule has 124 valence electrons. The Morgan fingerprint density at radius 3 is 2.48 bits per heavy atom. The van der Waals surface area contributed by atoms with Gasteiger partial charge in [0.1, 0.15) is 11.5 Å². The molecular formula is C19H25NO3. The van der Waals surface area contributed by atoms with Gasteiger partial charge in [-0.2, -0.15) is 0 Å². The lowest BCUT2D eigenvalue weighted by atomic mass is 9.93. The topological polar surface area (TPSA) is 58.6 Å². The van der Waals surface area contributed by atoms with E-state index in [0.29, 0.717) is 5.75 Å². The highest BCUT2D eigenvalue weighted by molar-refractivity contribution is 5.85. The van der Waals surface area contributed by atoms with Gasteiger partial charge in [0.25, 0.3) is 0 Å². The highest BCUT2D eigenvalue weighted by Crippen LogP contribution is 2.28. The molecule has 0 fully saturated rings. The van der Waals surface area contributed by atoms with Gasteiger partial charge < -0.3 is 15.2 Å². The van der Waals surface area contributed by atoms with Gasteiger partial charge in [-0.25, -0.2) is 4.79 Å². The van der Waals surface area contributed by atoms with Crippen molar-refractivity contribution < 1.29 is 14.6 Å². The molecule has 0 atom stereocenters. The van der Waals surface area contributed by atoms with Gasteiger partial charge in [0, 0.05) is 16.8 Å². The van der Waals surface area contributed by atoms with E-state index in [-0.39, 0.29) is 11.3 Å². The summed E-state index contributed by atoms with van der Waals surface area (Å²) in [6.45, 7) is 6.24. The number of nitrogens with one attached hydrogen (secondary N) is 1. The van der Waals surface area contributed by atoms with Gasteiger partial charge in [0.2, 0.25) is 0 Å². The van der Waals surface area contributed by atoms with Crippen LogP contribution in [-0.4, -0.2) is 16.6 Å². The van der Waals surface area contributed by atoms with E-state index in [4.69, 9.17) is 4.74 Å². The highest BCUT2D eigenvalue weighted by atomic mass is 16.5. The third kappa shape index (κ3) is 5.47. The molecule has 1 aromatic carbocycles. The van der Waals surface area contributed by atoms with Gasteiger partial charge in [-0.1, -0.05) is 18.2 Å². The smallest absolute Gasteiger partial charge is 0.339 e. The van der Waals surface area contributed by atoms with Crippen molar-refractivity contribution in [2.45, 2.75) is 52.0 Å². The van der Waals surface area contributed by atoms with E-state index >= 15 is 0 Å². The molecule has 4 nitrogen and oxygen atoms in total. The zero-order chi connectivity index (χ0) is 16.9. The SMILES string of the molecule is CC(C)(C)NC1=C(/C(O)=C/C(=O)Oc2ccccc2)CCCC1. The van der Waals surface area contributed by atoms with E-state index in [0.717, 1.165) is 43.0 Å². The number of carbonyl (C=O) groups is 1. The Morgan fingerprint density at radius 1 is 1.17 bits per heavy atom. The van der Waals surface area contributed by atoms with Crippen LogP contribution in [0.5, 0.6) is 5.75 Å². The van der Waals surface area contributed by atoms with Crippen molar-refractivity contribution in [3.05, 3.63) is 53.4 Å². The molecule has 0 spiro atoms. The molecule has 1 aliphatic rings. The lowest BCUT2D eigenvalue weighted by Crippen LogP contribution is -2.36. The number of allylic oxidation sites excluding steroid dienone is 2. The molecule has 0 heterocycles. The summed E-state index contributed by atoms with van der Waals surface area (Å²) in [6.07, 6.45) is 4.91. The largest absolute Gasteiger partial charge is 0.507 e. The molecule has 0 aromatic heterocycles. The standard InChI is InChI=1S/C19H25NO3/c1-19(2,3)20-16-12-8-7-11-15(16)17(21)13-18(22)23-14-9-5-4-6-10-14/h4-6,9-10,13,20-21H,7-8,11-12H2,1-3H3/b17-13-. The van der Waals surface area contributed by atoms with Gasteiger partial charge in [-0.05, 0) is 58.6 Å². The number of hydrogen-bond acceptors (Lipinski definition) is 4. The zero-order valence-corrected chi connectivity index (χ0v) is 14.1. The third-order valence-corrected chi connectivity index (χ3v) is 3.52. The zero-order valence-electron chi connectivity index (χ0n) is 14.1. The normalized spacial score (nSPS) is 16.2. The van der Waals surface area contributed by atoms with E-state index in [1.807, 2.05) is 6.07 Å². The molecule has 1 aliphatic carbocycles. The quantitative estimate of drug-likeness (QED) is 0.377. The second kappa shape index (κ2) is 7.36. The number of hydrogen-bond donors (Lipinski definition) is 2. The summed E-state index contributed by atoms with van der Waals surface area (Å²) in [5.74, 6) is -0.105. The van der Waals surface area contributed by atoms with Crippen molar-refractivity contribution in [2.24, 2.45) is 0 Å². The lowest BCUT2D eigenvalue weighted by molar-refractivity contribution is -0.129. The van der Waals surface area contributed by atoms with Crippen LogP contribution in [0, 0.1) is 0 Å². The Labute approximate surface area is 137 Å². The summed E-state index contributed by atoms with van der Waals surface area (Å²) in [7, 11) is 0. The molecule has 2 rings (SSSR count). The van der Waals surface area contributed by atoms with Crippen LogP contribution in [0.25, 0.3) is 0 Å². The van der Waals surface area contributed by atoms with E-state index in [1.165, 1.54) is 0 Å². The summed E-state index contributed by atoms with van der Waals surface area (Å²) < 4.78 is 5.19. The monoisotopic (exact) mass is 315 g/mol. The van der Waals surface area contributed by atoms with Crippen LogP contribution < -0.4 is 10.1 Å². The molecule has 0 aliphatic heterocycles. The maximum Gasteiger partial charge on any atom is 0.339 e. The van der Waals surface area contributed by atoms with Crippen LogP contribution in [0.1, 0.15) is 46.5 Å². The Kier molecular flexibility index (Phi) is 5.48. The van der Waals surface area contributed by atoms with Gasteiger partial charge in [0.05, 0.1) is 6.08 Å². The molecule has 1 aromatic rings. The Hall–Kier alpha value is -2.23. The maximum atomic E-state index is 12.0. The minimum absolute atomic E-state index is 0.00242. The summed E-state index contributed by atoms with van der Waals surface area (Å²) in [4.78, 5) is 12.0. The van der Waals surface area contributed by atoms with Crippen molar-refractivity contribution in [1.82, 2.24) is 5.32 Å². The van der Waals surface area contributed by atoms with Crippen LogP contribution in [0.15, 0.2) is 53.4 Å². The van der Waals surface area contributed by atoms with E-state index in [9.17, 15) is 9.90 Å². The van der Waals surface area contributed by atoms with E-state index in [2.05, 4.69) is 26.1 Å². The molecule has 2 N–H and O–H groups in total. The summed E-state index contributed by atoms with van der Waals surface area (Å²) in [6, 6.07) is 8.84. The Balaban J connectivity index is 2.15. The first-order valence-corrected chi connectivity index (χ1v) is 8.03. The van der Waals surface area contributed by atoms with Crippen molar-refractivity contribution in [2.75, 3.05) is 0 Å². The van der Waals surface area contributed by atoms with Crippen LogP contribution in [0.3, 0.4) is 0 Å². The van der Waals surface area contributed by atoms with Crippen LogP contribution in [-0.2, 0) is 4.79 Å². The maximum absolute atomic E-state index is 12.0. The first-order valence-electron chi connectivity index (χ1n) is 8.03. The van der Waals surface area contributed by atoms with Crippen molar-refractivity contribution >= 4 is 5.97 Å². The Morgan fingerprint density at radius 2 is 1.83 bits per heavy atom. The lowest BCUT2D eigenvalue weighted by Gasteiger charge is -2.29. The number of carbonyl (C=O) groups excluding carboxylic acids is 1. The van der Waals surface area contributed by atoms with E-state index in [1.54, 1.807) is 24.3 Å². The van der Waals surface area contributed by atoms with Crippen molar-refractivity contribution in [3.8, 4) is 5.75 Å². The number of para-hydroxylation sites is 1. The van der Waals surface area contributed by atoms with Crippen LogP contribution in [0.2, 0.25) is 0 Å². The third-order valence-electron chi connectivity index (χ3n) is 3.52. The van der Waals surface area contributed by atoms with Crippen molar-refractivity contribution in [3.63, 3.8) is 0 Å². The van der Waals surface area contributed by atoms with Crippen LogP contribution in [0.4, 0.5) is 0 Å². The van der Waals surface area contributed by atoms with Gasteiger partial charge in [-0.15, -0.1) is 0 Å². The predicted octanol–water partition coefficient (Wildman–Crippen LogP) is 4.25. The second-order valence-electron chi connectivity index (χ2n) is 6.80. The number of aliphatic hydroxyl groups excluding tert-OH is 1. The number of rotatable bonds is 4. The van der Waals surface area contributed by atoms with Gasteiger partial charge in [0.15, 0.2) is 0 Å². The number of aliphatic hydroxyl groups is 1. The molecule has 0 amide bonds. The summed E-state index contributed by atoms with van der Waals surface area (Å²) >= 11 is 0. The average Bonchev–Trinajstić information content (AvgIpc) is 2.47. The van der Waals surface area contributed by atoms with Gasteiger partial charge >= 0.3 is 5.97 Å². The minimum atomic E-state index is -0.568. The molecular weight excluding hydrogens is 290 g/mol. The summed E-state index contributed by atoms with van der Waals surface area (Å²) in [5, 5.41) is 13.8.